The van der Waals surface area contributed by atoms with Crippen LogP contribution in [-0.4, -0.2) is 30.4 Å². The van der Waals surface area contributed by atoms with Gasteiger partial charge in [-0.05, 0) is 26.3 Å². The fourth-order valence-corrected chi connectivity index (χ4v) is 1.55. The molecule has 4 heteroatoms. The number of nitriles is 1. The lowest BCUT2D eigenvalue weighted by atomic mass is 10.0. The number of rotatable bonds is 7. The molecular weight excluding hydrogens is 202 g/mol. The Morgan fingerprint density at radius 2 is 2.12 bits per heavy atom. The highest BCUT2D eigenvalue weighted by atomic mass is 16.2. The van der Waals surface area contributed by atoms with Crippen molar-refractivity contribution in [1.82, 2.24) is 4.90 Å². The van der Waals surface area contributed by atoms with Crippen LogP contribution < -0.4 is 5.73 Å². The van der Waals surface area contributed by atoms with Crippen molar-refractivity contribution in [2.45, 2.75) is 33.6 Å². The Hall–Kier alpha value is -1.08. The summed E-state index contributed by atoms with van der Waals surface area (Å²) >= 11 is 0. The van der Waals surface area contributed by atoms with Gasteiger partial charge in [0.2, 0.25) is 5.91 Å². The number of carbonyl (C=O) groups excluding carboxylic acids is 1. The Labute approximate surface area is 98.4 Å². The molecule has 0 heterocycles. The van der Waals surface area contributed by atoms with Gasteiger partial charge in [-0.25, -0.2) is 0 Å². The monoisotopic (exact) mass is 225 g/mol. The zero-order chi connectivity index (χ0) is 12.6. The highest BCUT2D eigenvalue weighted by molar-refractivity contribution is 5.76. The lowest BCUT2D eigenvalue weighted by Gasteiger charge is -2.24. The van der Waals surface area contributed by atoms with E-state index >= 15 is 0 Å². The first kappa shape index (κ1) is 14.9. The smallest absolute Gasteiger partial charge is 0.222 e. The zero-order valence-electron chi connectivity index (χ0n) is 10.6. The van der Waals surface area contributed by atoms with Crippen LogP contribution in [0, 0.1) is 23.2 Å². The van der Waals surface area contributed by atoms with Gasteiger partial charge in [-0.1, -0.05) is 13.3 Å². The normalized spacial score (nSPS) is 13.9. The van der Waals surface area contributed by atoms with E-state index in [2.05, 4.69) is 6.07 Å². The molecule has 0 aromatic heterocycles. The van der Waals surface area contributed by atoms with Crippen LogP contribution in [0.1, 0.15) is 33.6 Å². The highest BCUT2D eigenvalue weighted by Crippen LogP contribution is 2.10. The SMILES string of the molecule is CCC(CN)CC(=O)N(CC)CC(C)C#N. The first-order valence-corrected chi connectivity index (χ1v) is 5.96. The van der Waals surface area contributed by atoms with E-state index in [-0.39, 0.29) is 17.7 Å². The van der Waals surface area contributed by atoms with E-state index in [1.807, 2.05) is 20.8 Å². The van der Waals surface area contributed by atoms with E-state index in [1.54, 1.807) is 4.90 Å². The van der Waals surface area contributed by atoms with Crippen LogP contribution in [-0.2, 0) is 4.79 Å². The predicted octanol–water partition coefficient (Wildman–Crippen LogP) is 1.37. The maximum absolute atomic E-state index is 11.9. The molecule has 1 amide bonds. The molecule has 2 atom stereocenters. The van der Waals surface area contributed by atoms with E-state index in [1.165, 1.54) is 0 Å². The summed E-state index contributed by atoms with van der Waals surface area (Å²) in [5.74, 6) is 0.266. The number of amides is 1. The zero-order valence-corrected chi connectivity index (χ0v) is 10.6. The summed E-state index contributed by atoms with van der Waals surface area (Å²) in [5.41, 5.74) is 5.58. The van der Waals surface area contributed by atoms with Gasteiger partial charge in [0.25, 0.3) is 0 Å². The van der Waals surface area contributed by atoms with Crippen molar-refractivity contribution >= 4 is 5.91 Å². The summed E-state index contributed by atoms with van der Waals surface area (Å²) in [6.45, 7) is 7.53. The van der Waals surface area contributed by atoms with Crippen LogP contribution in [0.4, 0.5) is 0 Å². The van der Waals surface area contributed by atoms with Crippen molar-refractivity contribution in [3.63, 3.8) is 0 Å². The number of carbonyl (C=O) groups is 1. The van der Waals surface area contributed by atoms with Gasteiger partial charge < -0.3 is 10.6 Å². The van der Waals surface area contributed by atoms with Crippen molar-refractivity contribution in [3.05, 3.63) is 0 Å². The van der Waals surface area contributed by atoms with Crippen molar-refractivity contribution in [3.8, 4) is 6.07 Å². The molecular formula is C12H23N3O. The Morgan fingerprint density at radius 3 is 2.50 bits per heavy atom. The quantitative estimate of drug-likeness (QED) is 0.711. The molecule has 0 rings (SSSR count). The minimum absolute atomic E-state index is 0.109. The lowest BCUT2D eigenvalue weighted by Crippen LogP contribution is -2.36. The summed E-state index contributed by atoms with van der Waals surface area (Å²) in [6.07, 6.45) is 1.42. The number of hydrogen-bond donors (Lipinski definition) is 1. The first-order valence-electron chi connectivity index (χ1n) is 5.96. The molecule has 92 valence electrons. The van der Waals surface area contributed by atoms with Gasteiger partial charge in [0.1, 0.15) is 0 Å². The second-order valence-electron chi connectivity index (χ2n) is 4.18. The molecule has 0 aliphatic heterocycles. The van der Waals surface area contributed by atoms with Crippen molar-refractivity contribution in [2.24, 2.45) is 17.6 Å². The standard InChI is InChI=1S/C12H23N3O/c1-4-11(8-14)6-12(16)15(5-2)9-10(3)7-13/h10-11H,4-6,8-9,14H2,1-3H3. The predicted molar refractivity (Wildman–Crippen MR) is 64.5 cm³/mol. The highest BCUT2D eigenvalue weighted by Gasteiger charge is 2.17. The third-order valence-electron chi connectivity index (χ3n) is 2.82. The van der Waals surface area contributed by atoms with Gasteiger partial charge in [-0.3, -0.25) is 4.79 Å². The molecule has 0 bridgehead atoms. The maximum Gasteiger partial charge on any atom is 0.222 e. The number of nitrogens with zero attached hydrogens (tertiary/aromatic N) is 2. The molecule has 4 nitrogen and oxygen atoms in total. The molecule has 0 spiro atoms. The van der Waals surface area contributed by atoms with Crippen LogP contribution in [0.5, 0.6) is 0 Å². The molecule has 0 aromatic carbocycles. The number of hydrogen-bond acceptors (Lipinski definition) is 3. The number of nitrogens with two attached hydrogens (primary N) is 1. The van der Waals surface area contributed by atoms with Crippen molar-refractivity contribution < 1.29 is 4.79 Å². The van der Waals surface area contributed by atoms with Gasteiger partial charge in [0, 0.05) is 19.5 Å². The molecule has 0 saturated carbocycles. The van der Waals surface area contributed by atoms with Crippen molar-refractivity contribution in [1.29, 1.82) is 5.26 Å². The van der Waals surface area contributed by atoms with E-state index in [9.17, 15) is 4.79 Å². The summed E-state index contributed by atoms with van der Waals surface area (Å²) in [6, 6.07) is 2.15. The third-order valence-corrected chi connectivity index (χ3v) is 2.82. The fraction of sp³-hybridized carbons (Fsp3) is 0.833. The molecule has 2 unspecified atom stereocenters. The van der Waals surface area contributed by atoms with E-state index in [0.29, 0.717) is 26.1 Å². The fourth-order valence-electron chi connectivity index (χ4n) is 1.55. The van der Waals surface area contributed by atoms with Gasteiger partial charge in [0.15, 0.2) is 0 Å². The molecule has 0 radical (unpaired) electrons. The Balaban J connectivity index is 4.26. The van der Waals surface area contributed by atoms with Crippen LogP contribution in [0.2, 0.25) is 0 Å². The summed E-state index contributed by atoms with van der Waals surface area (Å²) in [4.78, 5) is 13.7. The third kappa shape index (κ3) is 5.13. The molecule has 0 aliphatic rings. The van der Waals surface area contributed by atoms with Crippen LogP contribution >= 0.6 is 0 Å². The summed E-state index contributed by atoms with van der Waals surface area (Å²) < 4.78 is 0. The van der Waals surface area contributed by atoms with E-state index < -0.39 is 0 Å². The second kappa shape index (κ2) is 8.12. The largest absolute Gasteiger partial charge is 0.342 e. The average Bonchev–Trinajstić information content (AvgIpc) is 2.31. The minimum Gasteiger partial charge on any atom is -0.342 e. The van der Waals surface area contributed by atoms with Gasteiger partial charge in [0.05, 0.1) is 12.0 Å². The Morgan fingerprint density at radius 1 is 1.50 bits per heavy atom. The molecule has 0 aromatic rings. The Bertz CT molecular complexity index is 243. The van der Waals surface area contributed by atoms with Gasteiger partial charge >= 0.3 is 0 Å². The van der Waals surface area contributed by atoms with Crippen molar-refractivity contribution in [2.75, 3.05) is 19.6 Å². The van der Waals surface area contributed by atoms with Crippen LogP contribution in [0.25, 0.3) is 0 Å². The molecule has 0 saturated heterocycles. The van der Waals surface area contributed by atoms with E-state index in [4.69, 9.17) is 11.0 Å². The molecule has 16 heavy (non-hydrogen) atoms. The minimum atomic E-state index is -0.109. The van der Waals surface area contributed by atoms with Crippen LogP contribution in [0.3, 0.4) is 0 Å². The van der Waals surface area contributed by atoms with Crippen LogP contribution in [0.15, 0.2) is 0 Å². The Kier molecular flexibility index (Phi) is 7.57. The lowest BCUT2D eigenvalue weighted by molar-refractivity contribution is -0.132. The van der Waals surface area contributed by atoms with Gasteiger partial charge in [-0.2, -0.15) is 5.26 Å². The topological polar surface area (TPSA) is 70.1 Å². The molecule has 2 N–H and O–H groups in total. The summed E-state index contributed by atoms with van der Waals surface area (Å²) in [7, 11) is 0. The molecule has 0 aliphatic carbocycles. The summed E-state index contributed by atoms with van der Waals surface area (Å²) in [5, 5.41) is 8.73. The second-order valence-corrected chi connectivity index (χ2v) is 4.18. The first-order chi connectivity index (χ1) is 7.58. The van der Waals surface area contributed by atoms with E-state index in [0.717, 1.165) is 6.42 Å². The average molecular weight is 225 g/mol. The molecule has 0 fully saturated rings. The maximum atomic E-state index is 11.9. The van der Waals surface area contributed by atoms with Gasteiger partial charge in [-0.15, -0.1) is 0 Å².